The number of para-hydroxylation sites is 1. The molecule has 5 nitrogen and oxygen atoms in total. The largest absolute Gasteiger partial charge is 0.406 e. The summed E-state index contributed by atoms with van der Waals surface area (Å²) in [5.74, 6) is 0.596. The normalized spacial score (nSPS) is 12.4. The first-order valence-electron chi connectivity index (χ1n) is 6.66. The number of aromatic nitrogens is 2. The maximum Gasteiger partial charge on any atom is 0.320 e. The highest BCUT2D eigenvalue weighted by Gasteiger charge is 2.13. The predicted molar refractivity (Wildman–Crippen MR) is 75.5 cm³/mol. The summed E-state index contributed by atoms with van der Waals surface area (Å²) in [5.41, 5.74) is 2.23. The van der Waals surface area contributed by atoms with Gasteiger partial charge in [-0.25, -0.2) is 0 Å². The molecule has 0 aliphatic rings. The van der Waals surface area contributed by atoms with Gasteiger partial charge < -0.3 is 15.1 Å². The number of hydrogen-bond donors (Lipinski definition) is 2. The first-order valence-corrected chi connectivity index (χ1v) is 6.66. The highest BCUT2D eigenvalue weighted by molar-refractivity contribution is 5.57. The summed E-state index contributed by atoms with van der Waals surface area (Å²) in [7, 11) is 0. The summed E-state index contributed by atoms with van der Waals surface area (Å²) >= 11 is 0. The summed E-state index contributed by atoms with van der Waals surface area (Å²) in [6, 6.07) is 8.60. The minimum Gasteiger partial charge on any atom is -0.406 e. The van der Waals surface area contributed by atoms with Crippen LogP contribution in [0.15, 0.2) is 28.7 Å². The van der Waals surface area contributed by atoms with Crippen molar-refractivity contribution in [3.8, 4) is 0 Å². The molecule has 5 heteroatoms. The van der Waals surface area contributed by atoms with Gasteiger partial charge in [0.2, 0.25) is 5.89 Å². The Morgan fingerprint density at radius 1 is 1.21 bits per heavy atom. The summed E-state index contributed by atoms with van der Waals surface area (Å²) in [4.78, 5) is 0. The lowest BCUT2D eigenvalue weighted by Gasteiger charge is -2.07. The third-order valence-corrected chi connectivity index (χ3v) is 2.96. The first-order chi connectivity index (χ1) is 9.24. The Hall–Kier alpha value is -1.88. The maximum atomic E-state index is 5.61. The molecule has 1 atom stereocenters. The van der Waals surface area contributed by atoms with Gasteiger partial charge in [-0.2, -0.15) is 0 Å². The SMILES string of the molecule is CCNC(C)c1nnc(Nc2ccccc2CC)o1. The molecule has 19 heavy (non-hydrogen) atoms. The lowest BCUT2D eigenvalue weighted by Crippen LogP contribution is -2.17. The van der Waals surface area contributed by atoms with Gasteiger partial charge in [-0.15, -0.1) is 5.10 Å². The lowest BCUT2D eigenvalue weighted by atomic mass is 10.1. The first kappa shape index (κ1) is 13.5. The zero-order valence-corrected chi connectivity index (χ0v) is 11.6. The van der Waals surface area contributed by atoms with Gasteiger partial charge in [-0.1, -0.05) is 37.1 Å². The van der Waals surface area contributed by atoms with E-state index in [1.54, 1.807) is 0 Å². The number of nitrogens with one attached hydrogen (secondary N) is 2. The Morgan fingerprint density at radius 3 is 2.74 bits per heavy atom. The third-order valence-electron chi connectivity index (χ3n) is 2.96. The van der Waals surface area contributed by atoms with Crippen LogP contribution in [-0.4, -0.2) is 16.7 Å². The van der Waals surface area contributed by atoms with E-state index < -0.39 is 0 Å². The van der Waals surface area contributed by atoms with Crippen LogP contribution in [0.3, 0.4) is 0 Å². The maximum absolute atomic E-state index is 5.61. The molecule has 0 bridgehead atoms. The molecule has 0 aliphatic carbocycles. The van der Waals surface area contributed by atoms with E-state index in [1.165, 1.54) is 5.56 Å². The van der Waals surface area contributed by atoms with Crippen LogP contribution in [0.4, 0.5) is 11.7 Å². The average molecular weight is 260 g/mol. The van der Waals surface area contributed by atoms with Gasteiger partial charge in [0.15, 0.2) is 0 Å². The average Bonchev–Trinajstić information content (AvgIpc) is 2.88. The topological polar surface area (TPSA) is 63.0 Å². The quantitative estimate of drug-likeness (QED) is 0.835. The van der Waals surface area contributed by atoms with Crippen molar-refractivity contribution >= 4 is 11.7 Å². The summed E-state index contributed by atoms with van der Waals surface area (Å²) in [6.07, 6.45) is 0.956. The molecule has 2 aromatic rings. The molecule has 2 rings (SSSR count). The van der Waals surface area contributed by atoms with Crippen molar-refractivity contribution in [2.45, 2.75) is 33.2 Å². The van der Waals surface area contributed by atoms with E-state index in [0.29, 0.717) is 11.9 Å². The molecule has 1 aromatic heterocycles. The molecule has 0 saturated heterocycles. The minimum absolute atomic E-state index is 0.0643. The molecule has 0 radical (unpaired) electrons. The van der Waals surface area contributed by atoms with Gasteiger partial charge in [0.1, 0.15) is 0 Å². The number of anilines is 2. The predicted octanol–water partition coefficient (Wildman–Crippen LogP) is 3.05. The standard InChI is InChI=1S/C14H20N4O/c1-4-11-8-6-7-9-12(11)16-14-18-17-13(19-14)10(3)15-5-2/h6-10,15H,4-5H2,1-3H3,(H,16,18). The Bertz CT molecular complexity index is 524. The van der Waals surface area contributed by atoms with E-state index >= 15 is 0 Å². The summed E-state index contributed by atoms with van der Waals surface area (Å²) in [6.45, 7) is 7.03. The third kappa shape index (κ3) is 3.32. The zero-order valence-electron chi connectivity index (χ0n) is 11.6. The van der Waals surface area contributed by atoms with Crippen molar-refractivity contribution in [1.82, 2.24) is 15.5 Å². The second-order valence-electron chi connectivity index (χ2n) is 4.36. The molecule has 1 unspecified atom stereocenters. The molecule has 0 fully saturated rings. The highest BCUT2D eigenvalue weighted by atomic mass is 16.4. The molecule has 1 heterocycles. The van der Waals surface area contributed by atoms with Crippen LogP contribution in [0.2, 0.25) is 0 Å². The van der Waals surface area contributed by atoms with E-state index in [2.05, 4.69) is 33.8 Å². The van der Waals surface area contributed by atoms with Crippen molar-refractivity contribution in [3.63, 3.8) is 0 Å². The van der Waals surface area contributed by atoms with Gasteiger partial charge in [0.05, 0.1) is 6.04 Å². The van der Waals surface area contributed by atoms with Crippen LogP contribution >= 0.6 is 0 Å². The van der Waals surface area contributed by atoms with Crippen molar-refractivity contribution < 1.29 is 4.42 Å². The Kier molecular flexibility index (Phi) is 4.52. The number of rotatable bonds is 6. The van der Waals surface area contributed by atoms with E-state index in [0.717, 1.165) is 18.7 Å². The molecule has 0 saturated carbocycles. The minimum atomic E-state index is 0.0643. The van der Waals surface area contributed by atoms with E-state index in [4.69, 9.17) is 4.42 Å². The smallest absolute Gasteiger partial charge is 0.320 e. The molecule has 2 N–H and O–H groups in total. The Morgan fingerprint density at radius 2 is 2.00 bits per heavy atom. The van der Waals surface area contributed by atoms with Crippen LogP contribution < -0.4 is 10.6 Å². The van der Waals surface area contributed by atoms with Gasteiger partial charge in [0.25, 0.3) is 0 Å². The van der Waals surface area contributed by atoms with E-state index in [9.17, 15) is 0 Å². The van der Waals surface area contributed by atoms with Crippen LogP contribution in [0.5, 0.6) is 0 Å². The monoisotopic (exact) mass is 260 g/mol. The van der Waals surface area contributed by atoms with Gasteiger partial charge in [0, 0.05) is 5.69 Å². The lowest BCUT2D eigenvalue weighted by molar-refractivity contribution is 0.430. The fourth-order valence-electron chi connectivity index (χ4n) is 1.92. The number of hydrogen-bond acceptors (Lipinski definition) is 5. The van der Waals surface area contributed by atoms with Crippen molar-refractivity contribution in [3.05, 3.63) is 35.7 Å². The Labute approximate surface area is 113 Å². The van der Waals surface area contributed by atoms with Crippen molar-refractivity contribution in [2.24, 2.45) is 0 Å². The molecule has 0 aliphatic heterocycles. The highest BCUT2D eigenvalue weighted by Crippen LogP contribution is 2.21. The van der Waals surface area contributed by atoms with Crippen molar-refractivity contribution in [2.75, 3.05) is 11.9 Å². The van der Waals surface area contributed by atoms with Crippen LogP contribution in [0.1, 0.15) is 38.3 Å². The fourth-order valence-corrected chi connectivity index (χ4v) is 1.92. The van der Waals surface area contributed by atoms with E-state index in [-0.39, 0.29) is 6.04 Å². The second-order valence-corrected chi connectivity index (χ2v) is 4.36. The van der Waals surface area contributed by atoms with Crippen LogP contribution in [0, 0.1) is 0 Å². The fraction of sp³-hybridized carbons (Fsp3) is 0.429. The zero-order chi connectivity index (χ0) is 13.7. The number of benzene rings is 1. The second kappa shape index (κ2) is 6.33. The van der Waals surface area contributed by atoms with Gasteiger partial charge >= 0.3 is 6.01 Å². The van der Waals surface area contributed by atoms with Gasteiger partial charge in [-0.05, 0) is 31.5 Å². The van der Waals surface area contributed by atoms with Crippen LogP contribution in [0.25, 0.3) is 0 Å². The van der Waals surface area contributed by atoms with Gasteiger partial charge in [-0.3, -0.25) is 0 Å². The number of aryl methyl sites for hydroxylation is 1. The van der Waals surface area contributed by atoms with Crippen molar-refractivity contribution in [1.29, 1.82) is 0 Å². The molecule has 102 valence electrons. The summed E-state index contributed by atoms with van der Waals surface area (Å²) in [5, 5.41) is 14.5. The molecular weight excluding hydrogens is 240 g/mol. The molecular formula is C14H20N4O. The Balaban J connectivity index is 2.11. The number of nitrogens with zero attached hydrogens (tertiary/aromatic N) is 2. The molecule has 0 amide bonds. The summed E-state index contributed by atoms with van der Waals surface area (Å²) < 4.78 is 5.61. The van der Waals surface area contributed by atoms with Crippen LogP contribution in [-0.2, 0) is 6.42 Å². The van der Waals surface area contributed by atoms with E-state index in [1.807, 2.05) is 32.0 Å². The molecule has 1 aromatic carbocycles. The molecule has 0 spiro atoms.